The minimum Gasteiger partial charge on any atom is -0.465 e. The number of hydrogen-bond acceptors (Lipinski definition) is 3. The Morgan fingerprint density at radius 2 is 1.96 bits per heavy atom. The van der Waals surface area contributed by atoms with E-state index < -0.39 is 23.9 Å². The summed E-state index contributed by atoms with van der Waals surface area (Å²) in [6.45, 7) is 0.195. The van der Waals surface area contributed by atoms with Gasteiger partial charge in [0.1, 0.15) is 5.76 Å². The number of benzene rings is 1. The number of nitrogens with one attached hydrogen (secondary N) is 1. The number of rotatable bonds is 2. The number of amides is 1. The summed E-state index contributed by atoms with van der Waals surface area (Å²) < 4.78 is 43.2. The first-order chi connectivity index (χ1) is 11.8. The third kappa shape index (κ3) is 3.54. The topological polar surface area (TPSA) is 86.5 Å². The molecule has 1 aromatic heterocycles. The molecule has 1 saturated heterocycles. The molecule has 2 unspecified atom stereocenters. The summed E-state index contributed by atoms with van der Waals surface area (Å²) in [5.41, 5.74) is -0.707. The summed E-state index contributed by atoms with van der Waals surface area (Å²) in [4.78, 5) is 23.9. The number of piperidine rings is 1. The monoisotopic (exact) mass is 356 g/mol. The molecule has 0 spiro atoms. The summed E-state index contributed by atoms with van der Waals surface area (Å²) >= 11 is 0. The average molecular weight is 356 g/mol. The van der Waals surface area contributed by atoms with Gasteiger partial charge in [-0.1, -0.05) is 12.1 Å². The highest BCUT2D eigenvalue weighted by Gasteiger charge is 2.36. The van der Waals surface area contributed by atoms with E-state index in [-0.39, 0.29) is 18.0 Å². The second-order valence-corrected chi connectivity index (χ2v) is 5.95. The molecule has 134 valence electrons. The molecule has 2 aromatic rings. The molecule has 1 aromatic carbocycles. The number of nitrogens with zero attached hydrogens (tertiary/aromatic N) is 1. The van der Waals surface area contributed by atoms with Crippen LogP contribution in [0.5, 0.6) is 0 Å². The molecular weight excluding hydrogens is 341 g/mol. The van der Waals surface area contributed by atoms with Crippen LogP contribution in [0.1, 0.15) is 41.7 Å². The van der Waals surface area contributed by atoms with Gasteiger partial charge in [0.05, 0.1) is 11.6 Å². The number of H-pyrrole nitrogens is 1. The highest BCUT2D eigenvalue weighted by molar-refractivity contribution is 5.66. The zero-order valence-corrected chi connectivity index (χ0v) is 12.9. The maximum Gasteiger partial charge on any atom is 0.416 e. The van der Waals surface area contributed by atoms with Gasteiger partial charge in [-0.25, -0.2) is 4.79 Å². The maximum atomic E-state index is 12.7. The van der Waals surface area contributed by atoms with Crippen molar-refractivity contribution in [3.8, 4) is 0 Å². The van der Waals surface area contributed by atoms with Crippen LogP contribution < -0.4 is 5.56 Å². The third-order valence-corrected chi connectivity index (χ3v) is 4.42. The van der Waals surface area contributed by atoms with Gasteiger partial charge < -0.3 is 14.5 Å². The van der Waals surface area contributed by atoms with Crippen molar-refractivity contribution < 1.29 is 27.6 Å². The molecule has 1 aliphatic rings. The van der Waals surface area contributed by atoms with Crippen molar-refractivity contribution in [2.75, 3.05) is 6.54 Å². The summed E-state index contributed by atoms with van der Waals surface area (Å²) in [5, 5.41) is 11.6. The van der Waals surface area contributed by atoms with E-state index in [0.29, 0.717) is 24.2 Å². The highest BCUT2D eigenvalue weighted by Crippen LogP contribution is 2.40. The van der Waals surface area contributed by atoms with Crippen LogP contribution in [-0.4, -0.2) is 27.8 Å². The van der Waals surface area contributed by atoms with Crippen LogP contribution in [0.15, 0.2) is 39.6 Å². The SMILES string of the molecule is O=C(O)N1CCC(c2cc(=O)[nH]o2)CC1c1ccc(C(F)(F)F)cc1. The number of carboxylic acid groups (broad SMARTS) is 1. The Bertz CT molecular complexity index is 810. The lowest BCUT2D eigenvalue weighted by Crippen LogP contribution is -2.39. The second kappa shape index (κ2) is 6.30. The molecular formula is C16H15F3N2O4. The van der Waals surface area contributed by atoms with Gasteiger partial charge in [-0.2, -0.15) is 18.3 Å². The van der Waals surface area contributed by atoms with E-state index in [2.05, 4.69) is 5.16 Å². The first-order valence-corrected chi connectivity index (χ1v) is 7.61. The van der Waals surface area contributed by atoms with Crippen molar-refractivity contribution >= 4 is 6.09 Å². The predicted octanol–water partition coefficient (Wildman–Crippen LogP) is 3.59. The number of alkyl halides is 3. The first kappa shape index (κ1) is 17.1. The number of aromatic amines is 1. The van der Waals surface area contributed by atoms with E-state index in [1.165, 1.54) is 23.1 Å². The van der Waals surface area contributed by atoms with Gasteiger partial charge in [-0.3, -0.25) is 4.79 Å². The first-order valence-electron chi connectivity index (χ1n) is 7.61. The molecule has 1 amide bonds. The summed E-state index contributed by atoms with van der Waals surface area (Å²) in [6, 6.07) is 5.16. The van der Waals surface area contributed by atoms with Crippen molar-refractivity contribution in [1.82, 2.24) is 10.1 Å². The number of carbonyl (C=O) groups is 1. The van der Waals surface area contributed by atoms with Gasteiger partial charge in [-0.05, 0) is 30.5 Å². The van der Waals surface area contributed by atoms with Crippen LogP contribution >= 0.6 is 0 Å². The van der Waals surface area contributed by atoms with Crippen LogP contribution in [-0.2, 0) is 6.18 Å². The van der Waals surface area contributed by atoms with Crippen molar-refractivity contribution in [1.29, 1.82) is 0 Å². The molecule has 3 rings (SSSR count). The minimum absolute atomic E-state index is 0.193. The number of aromatic nitrogens is 1. The highest BCUT2D eigenvalue weighted by atomic mass is 19.4. The van der Waals surface area contributed by atoms with Crippen LogP contribution in [0.3, 0.4) is 0 Å². The van der Waals surface area contributed by atoms with Crippen LogP contribution in [0.25, 0.3) is 0 Å². The summed E-state index contributed by atoms with van der Waals surface area (Å²) in [7, 11) is 0. The Morgan fingerprint density at radius 1 is 1.28 bits per heavy atom. The molecule has 1 aliphatic heterocycles. The van der Waals surface area contributed by atoms with Crippen LogP contribution in [0.4, 0.5) is 18.0 Å². The summed E-state index contributed by atoms with van der Waals surface area (Å²) in [6.07, 6.45) is -4.81. The van der Waals surface area contributed by atoms with Gasteiger partial charge in [0, 0.05) is 18.5 Å². The second-order valence-electron chi connectivity index (χ2n) is 5.95. The average Bonchev–Trinajstić information content (AvgIpc) is 3.00. The molecule has 9 heteroatoms. The van der Waals surface area contributed by atoms with E-state index >= 15 is 0 Å². The molecule has 0 aliphatic carbocycles. The number of likely N-dealkylation sites (tertiary alicyclic amines) is 1. The molecule has 1 fully saturated rings. The fraction of sp³-hybridized carbons (Fsp3) is 0.375. The van der Waals surface area contributed by atoms with Gasteiger partial charge in [0.25, 0.3) is 5.56 Å². The van der Waals surface area contributed by atoms with Crippen molar-refractivity contribution in [3.63, 3.8) is 0 Å². The third-order valence-electron chi connectivity index (χ3n) is 4.42. The molecule has 2 N–H and O–H groups in total. The van der Waals surface area contributed by atoms with Crippen molar-refractivity contribution in [2.45, 2.75) is 31.0 Å². The van der Waals surface area contributed by atoms with E-state index in [4.69, 9.17) is 4.52 Å². The molecule has 6 nitrogen and oxygen atoms in total. The standard InChI is InChI=1S/C16H15F3N2O4/c17-16(18,19)11-3-1-9(2-4-11)12-7-10(5-6-21(12)15(23)24)13-8-14(22)20-25-13/h1-4,8,10,12H,5-7H2,(H,20,22)(H,23,24). The lowest BCUT2D eigenvalue weighted by atomic mass is 9.85. The van der Waals surface area contributed by atoms with Crippen molar-refractivity contribution in [2.24, 2.45) is 0 Å². The number of halogens is 3. The van der Waals surface area contributed by atoms with E-state index in [0.717, 1.165) is 12.1 Å². The smallest absolute Gasteiger partial charge is 0.416 e. The van der Waals surface area contributed by atoms with E-state index in [1.54, 1.807) is 0 Å². The Balaban J connectivity index is 1.88. The zero-order valence-electron chi connectivity index (χ0n) is 12.9. The van der Waals surface area contributed by atoms with Crippen LogP contribution in [0, 0.1) is 0 Å². The van der Waals surface area contributed by atoms with Gasteiger partial charge in [0.15, 0.2) is 0 Å². The quantitative estimate of drug-likeness (QED) is 0.861. The predicted molar refractivity (Wildman–Crippen MR) is 80.2 cm³/mol. The molecule has 0 radical (unpaired) electrons. The molecule has 0 bridgehead atoms. The molecule has 2 atom stereocenters. The lowest BCUT2D eigenvalue weighted by molar-refractivity contribution is -0.137. The zero-order chi connectivity index (χ0) is 18.2. The lowest BCUT2D eigenvalue weighted by Gasteiger charge is -2.37. The Morgan fingerprint density at radius 3 is 2.48 bits per heavy atom. The fourth-order valence-electron chi connectivity index (χ4n) is 3.16. The van der Waals surface area contributed by atoms with Crippen molar-refractivity contribution in [3.05, 3.63) is 57.6 Å². The van der Waals surface area contributed by atoms with Crippen LogP contribution in [0.2, 0.25) is 0 Å². The normalized spacial score (nSPS) is 21.3. The largest absolute Gasteiger partial charge is 0.465 e. The Hall–Kier alpha value is -2.71. The minimum atomic E-state index is -4.45. The molecule has 25 heavy (non-hydrogen) atoms. The van der Waals surface area contributed by atoms with E-state index in [1.807, 2.05) is 0 Å². The Labute approximate surface area is 139 Å². The maximum absolute atomic E-state index is 12.7. The fourth-order valence-corrected chi connectivity index (χ4v) is 3.16. The van der Waals surface area contributed by atoms with Gasteiger partial charge in [0.2, 0.25) is 0 Å². The molecule has 0 saturated carbocycles. The Kier molecular flexibility index (Phi) is 4.32. The summed E-state index contributed by atoms with van der Waals surface area (Å²) in [5.74, 6) is 0.230. The molecule has 2 heterocycles. The van der Waals surface area contributed by atoms with E-state index in [9.17, 15) is 27.9 Å². The van der Waals surface area contributed by atoms with Gasteiger partial charge >= 0.3 is 12.3 Å². The number of hydrogen-bond donors (Lipinski definition) is 2. The van der Waals surface area contributed by atoms with Gasteiger partial charge in [-0.15, -0.1) is 0 Å².